The van der Waals surface area contributed by atoms with Crippen molar-refractivity contribution in [2.75, 3.05) is 29.3 Å². The second-order valence-electron chi connectivity index (χ2n) is 7.74. The van der Waals surface area contributed by atoms with Gasteiger partial charge in [-0.25, -0.2) is 19.2 Å². The van der Waals surface area contributed by atoms with Gasteiger partial charge < -0.3 is 15.8 Å². The number of hydrogen-bond donors (Lipinski definition) is 3. The minimum Gasteiger partial charge on any atom is -0.368 e. The van der Waals surface area contributed by atoms with Crippen LogP contribution in [-0.4, -0.2) is 44.2 Å². The van der Waals surface area contributed by atoms with Gasteiger partial charge in [0, 0.05) is 17.7 Å². The molecule has 1 aliphatic rings. The molecular weight excluding hydrogens is 509 g/mol. The van der Waals surface area contributed by atoms with Gasteiger partial charge in [0.2, 0.25) is 5.95 Å². The molecular formula is C21H22ClF3N6OS2. The summed E-state index contributed by atoms with van der Waals surface area (Å²) in [4.78, 5) is 14.0. The molecule has 0 radical (unpaired) electrons. The van der Waals surface area contributed by atoms with E-state index < -0.39 is 29.3 Å². The zero-order chi connectivity index (χ0) is 24.3. The highest BCUT2D eigenvalue weighted by Gasteiger charge is 2.28. The van der Waals surface area contributed by atoms with Crippen molar-refractivity contribution in [1.29, 1.82) is 0 Å². The summed E-state index contributed by atoms with van der Waals surface area (Å²) in [6.07, 6.45) is -2.08. The van der Waals surface area contributed by atoms with E-state index in [0.29, 0.717) is 17.0 Å². The summed E-state index contributed by atoms with van der Waals surface area (Å²) in [7, 11) is -1.95. The van der Waals surface area contributed by atoms with Crippen molar-refractivity contribution in [3.8, 4) is 21.8 Å². The number of nitrogen functional groups attached to an aromatic ring is 1. The lowest BCUT2D eigenvalue weighted by Gasteiger charge is -2.20. The first-order chi connectivity index (χ1) is 16.2. The highest BCUT2D eigenvalue weighted by Crippen LogP contribution is 2.44. The topological polar surface area (TPSA) is 106 Å². The van der Waals surface area contributed by atoms with Crippen LogP contribution in [0.5, 0.6) is 0 Å². The smallest absolute Gasteiger partial charge is 0.368 e. The summed E-state index contributed by atoms with van der Waals surface area (Å²) in [6, 6.07) is 6.76. The third-order valence-electron chi connectivity index (χ3n) is 5.29. The molecule has 0 saturated carbocycles. The monoisotopic (exact) mass is 530 g/mol. The normalized spacial score (nSPS) is 15.9. The second kappa shape index (κ2) is 10.5. The van der Waals surface area contributed by atoms with Crippen LogP contribution in [0.4, 0.5) is 24.8 Å². The Balaban J connectivity index is 1.71. The summed E-state index contributed by atoms with van der Waals surface area (Å²) in [5.41, 5.74) is 7.82. The molecule has 0 amide bonds. The van der Waals surface area contributed by atoms with Gasteiger partial charge in [-0.2, -0.15) is 13.2 Å². The molecule has 7 nitrogen and oxygen atoms in total. The lowest BCUT2D eigenvalue weighted by Crippen LogP contribution is -2.26. The Morgan fingerprint density at radius 3 is 2.71 bits per heavy atom. The van der Waals surface area contributed by atoms with Crippen LogP contribution in [0.2, 0.25) is 5.02 Å². The zero-order valence-electron chi connectivity index (χ0n) is 17.9. The lowest BCUT2D eigenvalue weighted by molar-refractivity contribution is -0.129. The van der Waals surface area contributed by atoms with E-state index in [2.05, 4.69) is 20.0 Å². The van der Waals surface area contributed by atoms with Crippen LogP contribution in [0.15, 0.2) is 30.5 Å². The lowest BCUT2D eigenvalue weighted by atomic mass is 9.99. The summed E-state index contributed by atoms with van der Waals surface area (Å²) in [6.45, 7) is 1.80. The van der Waals surface area contributed by atoms with Gasteiger partial charge in [0.25, 0.3) is 0 Å². The van der Waals surface area contributed by atoms with Crippen LogP contribution in [0.3, 0.4) is 0 Å². The van der Waals surface area contributed by atoms with E-state index in [1.54, 1.807) is 30.5 Å². The Bertz CT molecular complexity index is 1180. The van der Waals surface area contributed by atoms with Crippen molar-refractivity contribution < 1.29 is 17.4 Å². The molecule has 1 saturated heterocycles. The molecule has 1 aromatic carbocycles. The molecule has 1 fully saturated rings. The van der Waals surface area contributed by atoms with Crippen molar-refractivity contribution in [1.82, 2.24) is 20.3 Å². The van der Waals surface area contributed by atoms with Gasteiger partial charge in [0.1, 0.15) is 11.0 Å². The molecule has 0 bridgehead atoms. The van der Waals surface area contributed by atoms with Gasteiger partial charge in [0.05, 0.1) is 44.2 Å². The predicted octanol–water partition coefficient (Wildman–Crippen LogP) is 5.00. The van der Waals surface area contributed by atoms with Crippen LogP contribution in [0.1, 0.15) is 30.2 Å². The van der Waals surface area contributed by atoms with Crippen LogP contribution >= 0.6 is 22.9 Å². The summed E-state index contributed by atoms with van der Waals surface area (Å²) < 4.78 is 52.3. The number of anilines is 2. The summed E-state index contributed by atoms with van der Waals surface area (Å²) in [5, 5.41) is 4.51. The highest BCUT2D eigenvalue weighted by atomic mass is 35.5. The third kappa shape index (κ3) is 6.04. The van der Waals surface area contributed by atoms with Crippen molar-refractivity contribution in [2.24, 2.45) is 0 Å². The molecule has 34 heavy (non-hydrogen) atoms. The van der Waals surface area contributed by atoms with E-state index in [1.807, 2.05) is 0 Å². The SMILES string of the molecule is Nc1nccc(-c2sc(C3CCNCC3)nc2-c2cccc(NS(=O)CCC(F)(F)F)c2Cl)n1. The van der Waals surface area contributed by atoms with Crippen molar-refractivity contribution >= 4 is 45.6 Å². The van der Waals surface area contributed by atoms with Crippen LogP contribution in [-0.2, 0) is 11.0 Å². The van der Waals surface area contributed by atoms with Gasteiger partial charge >= 0.3 is 6.18 Å². The number of alkyl halides is 3. The number of thiazole rings is 1. The number of aromatic nitrogens is 3. The average Bonchev–Trinajstić information content (AvgIpc) is 3.25. The molecule has 0 aliphatic carbocycles. The minimum atomic E-state index is -4.39. The molecule has 3 heterocycles. The molecule has 4 rings (SSSR count). The Labute approximate surface area is 206 Å². The van der Waals surface area contributed by atoms with Crippen molar-refractivity contribution in [2.45, 2.75) is 31.4 Å². The first-order valence-electron chi connectivity index (χ1n) is 10.5. The number of piperidine rings is 1. The van der Waals surface area contributed by atoms with E-state index >= 15 is 0 Å². The maximum absolute atomic E-state index is 12.5. The number of benzene rings is 1. The van der Waals surface area contributed by atoms with Gasteiger partial charge in [0.15, 0.2) is 0 Å². The maximum Gasteiger partial charge on any atom is 0.390 e. The number of rotatable bonds is 7. The van der Waals surface area contributed by atoms with E-state index in [1.165, 1.54) is 11.3 Å². The van der Waals surface area contributed by atoms with Crippen LogP contribution in [0, 0.1) is 0 Å². The largest absolute Gasteiger partial charge is 0.390 e. The molecule has 13 heteroatoms. The first-order valence-corrected chi connectivity index (χ1v) is 13.0. The number of halogens is 4. The first kappa shape index (κ1) is 24.8. The molecule has 0 spiro atoms. The fraction of sp³-hybridized carbons (Fsp3) is 0.381. The minimum absolute atomic E-state index is 0.127. The van der Waals surface area contributed by atoms with Crippen LogP contribution < -0.4 is 15.8 Å². The summed E-state index contributed by atoms with van der Waals surface area (Å²) >= 11 is 8.15. The highest BCUT2D eigenvalue weighted by molar-refractivity contribution is 7.86. The molecule has 1 unspecified atom stereocenters. The predicted molar refractivity (Wildman–Crippen MR) is 130 cm³/mol. The number of nitrogens with zero attached hydrogens (tertiary/aromatic N) is 3. The van der Waals surface area contributed by atoms with E-state index in [9.17, 15) is 17.4 Å². The fourth-order valence-corrected chi connectivity index (χ4v) is 6.08. The Hall–Kier alpha value is -2.28. The molecule has 1 atom stereocenters. The number of nitrogens with one attached hydrogen (secondary N) is 2. The number of hydrogen-bond acceptors (Lipinski definition) is 7. The zero-order valence-corrected chi connectivity index (χ0v) is 20.3. The molecule has 2 aromatic heterocycles. The van der Waals surface area contributed by atoms with Gasteiger partial charge in [-0.1, -0.05) is 23.7 Å². The number of nitrogens with two attached hydrogens (primary N) is 1. The molecule has 182 valence electrons. The Kier molecular flexibility index (Phi) is 7.70. The fourth-order valence-electron chi connectivity index (χ4n) is 3.61. The second-order valence-corrected chi connectivity index (χ2v) is 10.5. The standard InChI is InChI=1S/C21H22ClF3N6OS2/c22-16-13(2-1-3-14(16)31-34(32)11-7-21(23,24)25)17-18(15-6-10-28-20(26)29-15)33-19(30-17)12-4-8-27-9-5-12/h1-3,6,10,12,27,31H,4-5,7-9,11H2,(H2,26,28,29). The van der Waals surface area contributed by atoms with Gasteiger partial charge in [-0.3, -0.25) is 0 Å². The Morgan fingerprint density at radius 2 is 2.00 bits per heavy atom. The van der Waals surface area contributed by atoms with E-state index in [4.69, 9.17) is 22.3 Å². The van der Waals surface area contributed by atoms with E-state index in [-0.39, 0.29) is 22.6 Å². The maximum atomic E-state index is 12.5. The quantitative estimate of drug-likeness (QED) is 0.397. The molecule has 3 aromatic rings. The summed E-state index contributed by atoms with van der Waals surface area (Å²) in [5.74, 6) is -0.166. The van der Waals surface area contributed by atoms with Gasteiger partial charge in [-0.15, -0.1) is 11.3 Å². The van der Waals surface area contributed by atoms with E-state index in [0.717, 1.165) is 35.8 Å². The average molecular weight is 531 g/mol. The van der Waals surface area contributed by atoms with Crippen molar-refractivity contribution in [3.63, 3.8) is 0 Å². The Morgan fingerprint density at radius 1 is 1.24 bits per heavy atom. The van der Waals surface area contributed by atoms with Crippen LogP contribution in [0.25, 0.3) is 21.8 Å². The molecule has 1 aliphatic heterocycles. The third-order valence-corrected chi connectivity index (χ3v) is 7.96. The van der Waals surface area contributed by atoms with Crippen molar-refractivity contribution in [3.05, 3.63) is 40.5 Å². The van der Waals surface area contributed by atoms with Gasteiger partial charge in [-0.05, 0) is 38.1 Å². The molecule has 4 N–H and O–H groups in total.